The van der Waals surface area contributed by atoms with Crippen molar-refractivity contribution >= 4 is 17.6 Å². The van der Waals surface area contributed by atoms with Crippen LogP contribution in [0.25, 0.3) is 0 Å². The smallest absolute Gasteiger partial charge is 0.304 e. The molecule has 0 aliphatic rings. The molecule has 116 valence electrons. The van der Waals surface area contributed by atoms with Gasteiger partial charge in [0.15, 0.2) is 0 Å². The zero-order valence-electron chi connectivity index (χ0n) is 12.8. The van der Waals surface area contributed by atoms with Gasteiger partial charge in [-0.2, -0.15) is 0 Å². The molecule has 0 atom stereocenters. The van der Waals surface area contributed by atoms with Gasteiger partial charge in [-0.25, -0.2) is 0 Å². The van der Waals surface area contributed by atoms with Crippen molar-refractivity contribution in [3.05, 3.63) is 29.8 Å². The molecule has 1 aromatic rings. The molecule has 0 saturated carbocycles. The number of rotatable bonds is 9. The summed E-state index contributed by atoms with van der Waals surface area (Å²) in [6, 6.07) is 7.75. The van der Waals surface area contributed by atoms with E-state index in [1.54, 1.807) is 0 Å². The topological polar surface area (TPSA) is 69.6 Å². The van der Waals surface area contributed by atoms with E-state index < -0.39 is 5.97 Å². The summed E-state index contributed by atoms with van der Waals surface area (Å²) in [6.07, 6.45) is 1.91. The molecule has 0 aliphatic carbocycles. The molecule has 0 aromatic heterocycles. The second-order valence-corrected chi connectivity index (χ2v) is 5.02. The Hall–Kier alpha value is -1.88. The van der Waals surface area contributed by atoms with Gasteiger partial charge in [0.25, 0.3) is 0 Å². The molecule has 0 bridgehead atoms. The second-order valence-electron chi connectivity index (χ2n) is 5.02. The SMILES string of the molecule is CCCN(CCC(=O)O)CC(=O)Nc1ccc(CC)cc1. The third kappa shape index (κ3) is 6.90. The van der Waals surface area contributed by atoms with Gasteiger partial charge in [0, 0.05) is 12.2 Å². The summed E-state index contributed by atoms with van der Waals surface area (Å²) in [4.78, 5) is 24.5. The van der Waals surface area contributed by atoms with Crippen molar-refractivity contribution in [2.75, 3.05) is 25.0 Å². The molecule has 21 heavy (non-hydrogen) atoms. The molecule has 2 N–H and O–H groups in total. The number of nitrogens with one attached hydrogen (secondary N) is 1. The fourth-order valence-corrected chi connectivity index (χ4v) is 2.07. The molecule has 0 radical (unpaired) electrons. The molecule has 5 heteroatoms. The van der Waals surface area contributed by atoms with Gasteiger partial charge in [-0.05, 0) is 37.1 Å². The van der Waals surface area contributed by atoms with Crippen LogP contribution in [0.5, 0.6) is 0 Å². The average Bonchev–Trinajstić information content (AvgIpc) is 2.45. The minimum absolute atomic E-state index is 0.0540. The van der Waals surface area contributed by atoms with E-state index in [4.69, 9.17) is 5.11 Å². The molecule has 1 aromatic carbocycles. The van der Waals surface area contributed by atoms with Gasteiger partial charge in [0.05, 0.1) is 13.0 Å². The van der Waals surface area contributed by atoms with Crippen LogP contribution in [-0.4, -0.2) is 41.5 Å². The fourth-order valence-electron chi connectivity index (χ4n) is 2.07. The lowest BCUT2D eigenvalue weighted by atomic mass is 10.1. The van der Waals surface area contributed by atoms with Crippen molar-refractivity contribution < 1.29 is 14.7 Å². The molecule has 0 unspecified atom stereocenters. The predicted molar refractivity (Wildman–Crippen MR) is 83.4 cm³/mol. The lowest BCUT2D eigenvalue weighted by molar-refractivity contribution is -0.137. The summed E-state index contributed by atoms with van der Waals surface area (Å²) in [5, 5.41) is 11.6. The molecule has 5 nitrogen and oxygen atoms in total. The number of carbonyl (C=O) groups excluding carboxylic acids is 1. The van der Waals surface area contributed by atoms with Crippen molar-refractivity contribution in [2.45, 2.75) is 33.1 Å². The lowest BCUT2D eigenvalue weighted by Crippen LogP contribution is -2.35. The first-order chi connectivity index (χ1) is 10.0. The standard InChI is InChI=1S/C16H24N2O3/c1-3-10-18(11-9-16(20)21)12-15(19)17-14-7-5-13(4-2)6-8-14/h5-8H,3-4,9-12H2,1-2H3,(H,17,19)(H,20,21). The Morgan fingerprint density at radius 3 is 2.33 bits per heavy atom. The number of carbonyl (C=O) groups is 2. The minimum atomic E-state index is -0.841. The lowest BCUT2D eigenvalue weighted by Gasteiger charge is -2.20. The number of aliphatic carboxylic acids is 1. The molecule has 1 amide bonds. The predicted octanol–water partition coefficient (Wildman–Crippen LogP) is 2.37. The van der Waals surface area contributed by atoms with E-state index >= 15 is 0 Å². The van der Waals surface area contributed by atoms with Crippen LogP contribution in [0.4, 0.5) is 5.69 Å². The molecular weight excluding hydrogens is 268 g/mol. The van der Waals surface area contributed by atoms with Crippen molar-refractivity contribution in [2.24, 2.45) is 0 Å². The highest BCUT2D eigenvalue weighted by molar-refractivity contribution is 5.92. The third-order valence-electron chi connectivity index (χ3n) is 3.19. The number of amides is 1. The van der Waals surface area contributed by atoms with E-state index in [9.17, 15) is 9.59 Å². The Balaban J connectivity index is 2.49. The monoisotopic (exact) mass is 292 g/mol. The van der Waals surface area contributed by atoms with Crippen LogP contribution in [0.1, 0.15) is 32.3 Å². The number of carboxylic acids is 1. The zero-order valence-corrected chi connectivity index (χ0v) is 12.8. The Kier molecular flexibility index (Phi) is 7.46. The maximum Gasteiger partial charge on any atom is 0.304 e. The molecular formula is C16H24N2O3. The van der Waals surface area contributed by atoms with E-state index in [2.05, 4.69) is 12.2 Å². The van der Waals surface area contributed by atoms with Gasteiger partial charge >= 0.3 is 5.97 Å². The molecule has 0 fully saturated rings. The number of anilines is 1. The number of hydrogen-bond acceptors (Lipinski definition) is 3. The number of nitrogens with zero attached hydrogens (tertiary/aromatic N) is 1. The molecule has 0 aliphatic heterocycles. The highest BCUT2D eigenvalue weighted by Crippen LogP contribution is 2.10. The Morgan fingerprint density at radius 1 is 1.14 bits per heavy atom. The Labute approximate surface area is 126 Å². The molecule has 0 spiro atoms. The summed E-state index contributed by atoms with van der Waals surface area (Å²) >= 11 is 0. The Bertz CT molecular complexity index is 457. The van der Waals surface area contributed by atoms with Crippen LogP contribution >= 0.6 is 0 Å². The normalized spacial score (nSPS) is 10.6. The molecule has 0 heterocycles. The first-order valence-electron chi connectivity index (χ1n) is 7.38. The highest BCUT2D eigenvalue weighted by Gasteiger charge is 2.11. The van der Waals surface area contributed by atoms with Crippen molar-refractivity contribution in [3.8, 4) is 0 Å². The summed E-state index contributed by atoms with van der Waals surface area (Å²) in [5.74, 6) is -0.954. The number of aryl methyl sites for hydroxylation is 1. The fraction of sp³-hybridized carbons (Fsp3) is 0.500. The molecule has 0 saturated heterocycles. The van der Waals surface area contributed by atoms with Gasteiger partial charge in [0.1, 0.15) is 0 Å². The van der Waals surface area contributed by atoms with Crippen LogP contribution < -0.4 is 5.32 Å². The summed E-state index contributed by atoms with van der Waals surface area (Å²) in [6.45, 7) is 5.42. The van der Waals surface area contributed by atoms with E-state index in [0.29, 0.717) is 6.54 Å². The van der Waals surface area contributed by atoms with Gasteiger partial charge in [0.2, 0.25) is 5.91 Å². The molecule has 1 rings (SSSR count). The first kappa shape index (κ1) is 17.2. The van der Waals surface area contributed by atoms with E-state index in [1.807, 2.05) is 36.1 Å². The number of benzene rings is 1. The first-order valence-corrected chi connectivity index (χ1v) is 7.38. The second kappa shape index (κ2) is 9.13. The Morgan fingerprint density at radius 2 is 1.81 bits per heavy atom. The maximum atomic E-state index is 12.0. The maximum absolute atomic E-state index is 12.0. The van der Waals surface area contributed by atoms with Crippen LogP contribution in [0, 0.1) is 0 Å². The van der Waals surface area contributed by atoms with Crippen LogP contribution in [0.3, 0.4) is 0 Å². The van der Waals surface area contributed by atoms with Gasteiger partial charge < -0.3 is 10.4 Å². The third-order valence-corrected chi connectivity index (χ3v) is 3.19. The largest absolute Gasteiger partial charge is 0.481 e. The van der Waals surface area contributed by atoms with E-state index in [0.717, 1.165) is 25.1 Å². The van der Waals surface area contributed by atoms with Crippen LogP contribution in [0.2, 0.25) is 0 Å². The van der Waals surface area contributed by atoms with Gasteiger partial charge in [-0.1, -0.05) is 26.0 Å². The van der Waals surface area contributed by atoms with Crippen LogP contribution in [-0.2, 0) is 16.0 Å². The quantitative estimate of drug-likeness (QED) is 0.733. The van der Waals surface area contributed by atoms with Crippen molar-refractivity contribution in [1.82, 2.24) is 4.90 Å². The summed E-state index contributed by atoms with van der Waals surface area (Å²) in [5.41, 5.74) is 1.99. The van der Waals surface area contributed by atoms with Crippen molar-refractivity contribution in [1.29, 1.82) is 0 Å². The zero-order chi connectivity index (χ0) is 15.7. The summed E-state index contributed by atoms with van der Waals surface area (Å²) in [7, 11) is 0. The van der Waals surface area contributed by atoms with E-state index in [1.165, 1.54) is 5.56 Å². The van der Waals surface area contributed by atoms with Gasteiger partial charge in [-0.15, -0.1) is 0 Å². The van der Waals surface area contributed by atoms with Crippen molar-refractivity contribution in [3.63, 3.8) is 0 Å². The minimum Gasteiger partial charge on any atom is -0.481 e. The average molecular weight is 292 g/mol. The summed E-state index contributed by atoms with van der Waals surface area (Å²) < 4.78 is 0. The highest BCUT2D eigenvalue weighted by atomic mass is 16.4. The number of carboxylic acid groups (broad SMARTS) is 1. The van der Waals surface area contributed by atoms with Crippen LogP contribution in [0.15, 0.2) is 24.3 Å². The number of hydrogen-bond donors (Lipinski definition) is 2. The van der Waals surface area contributed by atoms with E-state index in [-0.39, 0.29) is 18.9 Å². The van der Waals surface area contributed by atoms with Gasteiger partial charge in [-0.3, -0.25) is 14.5 Å².